The Kier molecular flexibility index (Phi) is 5.40. The number of fused-ring (bicyclic) bond motifs is 1. The summed E-state index contributed by atoms with van der Waals surface area (Å²) in [6.07, 6.45) is 0. The van der Waals surface area contributed by atoms with Crippen molar-refractivity contribution < 1.29 is 9.90 Å². The lowest BCUT2D eigenvalue weighted by molar-refractivity contribution is 0.0708. The first kappa shape index (κ1) is 18.3. The molecule has 0 bridgehead atoms. The zero-order valence-electron chi connectivity index (χ0n) is 15.8. The predicted molar refractivity (Wildman–Crippen MR) is 111 cm³/mol. The molecular weight excluding hydrogens is 348 g/mol. The van der Waals surface area contributed by atoms with E-state index in [2.05, 4.69) is 29.2 Å². The third-order valence-electron chi connectivity index (χ3n) is 5.19. The maximum Gasteiger partial charge on any atom is 0.254 e. The number of carbonyl (C=O) groups is 1. The monoisotopic (exact) mass is 372 g/mol. The molecule has 1 heterocycles. The molecule has 0 aliphatic carbocycles. The van der Waals surface area contributed by atoms with Gasteiger partial charge in [-0.25, -0.2) is 0 Å². The van der Waals surface area contributed by atoms with Gasteiger partial charge in [0.05, 0.1) is 6.61 Å². The van der Waals surface area contributed by atoms with Gasteiger partial charge < -0.3 is 14.9 Å². The van der Waals surface area contributed by atoms with E-state index in [1.807, 2.05) is 54.6 Å². The number of amides is 1. The molecular formula is C24H24N2O2. The Morgan fingerprint density at radius 3 is 2.07 bits per heavy atom. The number of anilines is 1. The van der Waals surface area contributed by atoms with Crippen LogP contribution in [0.5, 0.6) is 0 Å². The minimum absolute atomic E-state index is 0.0529. The van der Waals surface area contributed by atoms with Crippen molar-refractivity contribution in [2.24, 2.45) is 0 Å². The van der Waals surface area contributed by atoms with Crippen LogP contribution in [-0.2, 0) is 19.6 Å². The Morgan fingerprint density at radius 1 is 0.857 bits per heavy atom. The molecule has 1 aliphatic heterocycles. The molecule has 1 aliphatic rings. The van der Waals surface area contributed by atoms with E-state index in [9.17, 15) is 9.90 Å². The molecule has 0 radical (unpaired) electrons. The third kappa shape index (κ3) is 3.92. The average molecular weight is 372 g/mol. The smallest absolute Gasteiger partial charge is 0.254 e. The largest absolute Gasteiger partial charge is 0.395 e. The van der Waals surface area contributed by atoms with Gasteiger partial charge in [0, 0.05) is 37.4 Å². The summed E-state index contributed by atoms with van der Waals surface area (Å²) in [5.74, 6) is -0.0610. The number of nitrogens with zero attached hydrogens (tertiary/aromatic N) is 2. The van der Waals surface area contributed by atoms with E-state index in [1.54, 1.807) is 4.90 Å². The van der Waals surface area contributed by atoms with Crippen LogP contribution in [0, 0.1) is 0 Å². The topological polar surface area (TPSA) is 43.8 Å². The van der Waals surface area contributed by atoms with Crippen LogP contribution >= 0.6 is 0 Å². The van der Waals surface area contributed by atoms with Crippen LogP contribution < -0.4 is 4.90 Å². The maximum atomic E-state index is 13.0. The Balaban J connectivity index is 1.47. The second kappa shape index (κ2) is 8.28. The number of carbonyl (C=O) groups excluding carboxylic acids is 1. The molecule has 0 fully saturated rings. The summed E-state index contributed by atoms with van der Waals surface area (Å²) in [6.45, 7) is 2.55. The van der Waals surface area contributed by atoms with Gasteiger partial charge in [-0.1, -0.05) is 54.6 Å². The summed E-state index contributed by atoms with van der Waals surface area (Å²) in [4.78, 5) is 17.0. The van der Waals surface area contributed by atoms with Crippen LogP contribution in [0.4, 0.5) is 5.69 Å². The molecule has 4 nitrogen and oxygen atoms in total. The number of benzene rings is 3. The summed E-state index contributed by atoms with van der Waals surface area (Å²) >= 11 is 0. The van der Waals surface area contributed by atoms with Gasteiger partial charge in [0.15, 0.2) is 0 Å². The molecule has 1 amide bonds. The summed E-state index contributed by atoms with van der Waals surface area (Å²) in [5, 5.41) is 9.38. The number of hydrogen-bond acceptors (Lipinski definition) is 3. The first-order valence-electron chi connectivity index (χ1n) is 9.60. The molecule has 0 saturated carbocycles. The minimum Gasteiger partial charge on any atom is -0.395 e. The standard InChI is InChI=1S/C24H24N2O2/c27-15-14-25(16-19-6-2-1-3-7-19)24(28)20-10-12-23(13-11-20)26-17-21-8-4-5-9-22(21)18-26/h1-13,27H,14-18H2. The minimum atomic E-state index is -0.0610. The van der Waals surface area contributed by atoms with Crippen LogP contribution in [0.3, 0.4) is 0 Å². The van der Waals surface area contributed by atoms with Gasteiger partial charge in [-0.3, -0.25) is 4.79 Å². The second-order valence-corrected chi connectivity index (χ2v) is 7.11. The zero-order chi connectivity index (χ0) is 19.3. The molecule has 4 heteroatoms. The van der Waals surface area contributed by atoms with Crippen molar-refractivity contribution in [1.29, 1.82) is 0 Å². The molecule has 0 unspecified atom stereocenters. The van der Waals surface area contributed by atoms with Crippen LogP contribution in [0.1, 0.15) is 27.0 Å². The van der Waals surface area contributed by atoms with Gasteiger partial charge >= 0.3 is 0 Å². The second-order valence-electron chi connectivity index (χ2n) is 7.11. The van der Waals surface area contributed by atoms with Crippen molar-refractivity contribution in [2.75, 3.05) is 18.1 Å². The average Bonchev–Trinajstić information content (AvgIpc) is 3.18. The number of rotatable bonds is 6. The van der Waals surface area contributed by atoms with E-state index in [0.717, 1.165) is 24.3 Å². The highest BCUT2D eigenvalue weighted by molar-refractivity contribution is 5.94. The van der Waals surface area contributed by atoms with Crippen LogP contribution in [0.2, 0.25) is 0 Å². The van der Waals surface area contributed by atoms with Crippen LogP contribution in [0.15, 0.2) is 78.9 Å². The number of aliphatic hydroxyl groups excluding tert-OH is 1. The fourth-order valence-electron chi connectivity index (χ4n) is 3.69. The fraction of sp³-hybridized carbons (Fsp3) is 0.208. The van der Waals surface area contributed by atoms with E-state index in [-0.39, 0.29) is 12.5 Å². The Morgan fingerprint density at radius 2 is 1.46 bits per heavy atom. The summed E-state index contributed by atoms with van der Waals surface area (Å²) in [6, 6.07) is 26.1. The Bertz CT molecular complexity index is 913. The van der Waals surface area contributed by atoms with Crippen molar-refractivity contribution in [1.82, 2.24) is 4.90 Å². The SMILES string of the molecule is O=C(c1ccc(N2Cc3ccccc3C2)cc1)N(CCO)Cc1ccccc1. The lowest BCUT2D eigenvalue weighted by Crippen LogP contribution is -2.33. The summed E-state index contributed by atoms with van der Waals surface area (Å²) < 4.78 is 0. The van der Waals surface area contributed by atoms with E-state index >= 15 is 0 Å². The molecule has 0 saturated heterocycles. The lowest BCUT2D eigenvalue weighted by atomic mass is 10.1. The van der Waals surface area contributed by atoms with E-state index in [0.29, 0.717) is 18.7 Å². The van der Waals surface area contributed by atoms with E-state index in [1.165, 1.54) is 11.1 Å². The normalized spacial score (nSPS) is 12.7. The highest BCUT2D eigenvalue weighted by Crippen LogP contribution is 2.28. The van der Waals surface area contributed by atoms with Crippen LogP contribution in [0.25, 0.3) is 0 Å². The van der Waals surface area contributed by atoms with Crippen LogP contribution in [-0.4, -0.2) is 29.1 Å². The molecule has 142 valence electrons. The van der Waals surface area contributed by atoms with Gasteiger partial charge in [-0.15, -0.1) is 0 Å². The molecule has 3 aromatic carbocycles. The first-order valence-corrected chi connectivity index (χ1v) is 9.60. The van der Waals surface area contributed by atoms with Crippen molar-refractivity contribution in [3.05, 3.63) is 101 Å². The summed E-state index contributed by atoms with van der Waals surface area (Å²) in [5.41, 5.74) is 5.53. The van der Waals surface area contributed by atoms with E-state index in [4.69, 9.17) is 0 Å². The molecule has 0 spiro atoms. The number of aliphatic hydroxyl groups is 1. The van der Waals surface area contributed by atoms with Crippen molar-refractivity contribution in [3.8, 4) is 0 Å². The van der Waals surface area contributed by atoms with Gasteiger partial charge in [0.1, 0.15) is 0 Å². The zero-order valence-corrected chi connectivity index (χ0v) is 15.8. The van der Waals surface area contributed by atoms with Gasteiger partial charge in [0.25, 0.3) is 5.91 Å². The Labute approximate surface area is 165 Å². The molecule has 4 rings (SSSR count). The highest BCUT2D eigenvalue weighted by atomic mass is 16.3. The molecule has 28 heavy (non-hydrogen) atoms. The van der Waals surface area contributed by atoms with E-state index < -0.39 is 0 Å². The lowest BCUT2D eigenvalue weighted by Gasteiger charge is -2.23. The summed E-state index contributed by atoms with van der Waals surface area (Å²) in [7, 11) is 0. The molecule has 3 aromatic rings. The fourth-order valence-corrected chi connectivity index (χ4v) is 3.69. The first-order chi connectivity index (χ1) is 13.7. The van der Waals surface area contributed by atoms with Crippen molar-refractivity contribution >= 4 is 11.6 Å². The van der Waals surface area contributed by atoms with Crippen molar-refractivity contribution in [2.45, 2.75) is 19.6 Å². The van der Waals surface area contributed by atoms with Crippen molar-refractivity contribution in [3.63, 3.8) is 0 Å². The molecule has 1 N–H and O–H groups in total. The molecule has 0 aromatic heterocycles. The van der Waals surface area contributed by atoms with Gasteiger partial charge in [-0.05, 0) is 41.0 Å². The predicted octanol–water partition coefficient (Wildman–Crippen LogP) is 3.84. The van der Waals surface area contributed by atoms with Gasteiger partial charge in [0.2, 0.25) is 0 Å². The maximum absolute atomic E-state index is 13.0. The van der Waals surface area contributed by atoms with Gasteiger partial charge in [-0.2, -0.15) is 0 Å². The highest BCUT2D eigenvalue weighted by Gasteiger charge is 2.20. The third-order valence-corrected chi connectivity index (χ3v) is 5.19. The molecule has 0 atom stereocenters. The Hall–Kier alpha value is -3.11. The number of hydrogen-bond donors (Lipinski definition) is 1. The quantitative estimate of drug-likeness (QED) is 0.715.